The molecule has 0 heterocycles. The van der Waals surface area contributed by atoms with E-state index in [1.807, 2.05) is 0 Å². The van der Waals surface area contributed by atoms with Gasteiger partial charge in [0.2, 0.25) is 0 Å². The van der Waals surface area contributed by atoms with E-state index in [1.165, 1.54) is 180 Å². The highest BCUT2D eigenvalue weighted by Gasteiger charge is 2.23. The van der Waals surface area contributed by atoms with Gasteiger partial charge < -0.3 is 4.90 Å². The summed E-state index contributed by atoms with van der Waals surface area (Å²) in [5.41, 5.74) is 3.55. The fourth-order valence-corrected chi connectivity index (χ4v) is 6.89. The Morgan fingerprint density at radius 1 is 0.500 bits per heavy atom. The smallest absolute Gasteiger partial charge is 0.0790 e. The number of nitrogens with zero attached hydrogens (tertiary/aromatic N) is 1. The van der Waals surface area contributed by atoms with Crippen LogP contribution in [0.2, 0.25) is 0 Å². The van der Waals surface area contributed by atoms with Crippen molar-refractivity contribution in [1.29, 1.82) is 0 Å². The molecule has 0 bridgehead atoms. The third-order valence-corrected chi connectivity index (χ3v) is 10.3. The van der Waals surface area contributed by atoms with Crippen molar-refractivity contribution in [2.45, 2.75) is 225 Å². The van der Waals surface area contributed by atoms with Crippen molar-refractivity contribution in [1.82, 2.24) is 10.4 Å². The highest BCUT2D eigenvalue weighted by Crippen LogP contribution is 2.23. The Hall–Kier alpha value is -1.16. The van der Waals surface area contributed by atoms with Crippen molar-refractivity contribution in [3.63, 3.8) is 0 Å². The largest absolute Gasteiger partial charge is 0.306 e. The SMILES string of the molecule is CCCCC/C=C\C/C=C\CCCCCCCCC(CCCCCCCC/C=C\C/C=C\CCCCC)ONC1CCC(N(C)C)CC1. The van der Waals surface area contributed by atoms with Gasteiger partial charge in [0, 0.05) is 12.1 Å². The van der Waals surface area contributed by atoms with E-state index in [4.69, 9.17) is 4.84 Å². The minimum Gasteiger partial charge on any atom is -0.306 e. The Morgan fingerprint density at radius 2 is 0.875 bits per heavy atom. The second kappa shape index (κ2) is 35.7. The van der Waals surface area contributed by atoms with E-state index in [1.54, 1.807) is 0 Å². The van der Waals surface area contributed by atoms with Crippen LogP contribution in [0.4, 0.5) is 0 Å². The molecule has 1 saturated carbocycles. The van der Waals surface area contributed by atoms with Crippen LogP contribution in [0.15, 0.2) is 48.6 Å². The first-order chi connectivity index (χ1) is 23.7. The van der Waals surface area contributed by atoms with Gasteiger partial charge in [-0.1, -0.05) is 152 Å². The average Bonchev–Trinajstić information content (AvgIpc) is 3.10. The zero-order valence-electron chi connectivity index (χ0n) is 32.9. The third kappa shape index (κ3) is 29.7. The molecule has 0 aromatic rings. The van der Waals surface area contributed by atoms with Crippen molar-refractivity contribution < 1.29 is 4.84 Å². The molecule has 1 aliphatic carbocycles. The third-order valence-electron chi connectivity index (χ3n) is 10.3. The van der Waals surface area contributed by atoms with E-state index >= 15 is 0 Å². The maximum absolute atomic E-state index is 6.44. The van der Waals surface area contributed by atoms with E-state index < -0.39 is 0 Å². The highest BCUT2D eigenvalue weighted by atomic mass is 16.7. The Morgan fingerprint density at radius 3 is 1.27 bits per heavy atom. The van der Waals surface area contributed by atoms with Gasteiger partial charge in [-0.15, -0.1) is 0 Å². The summed E-state index contributed by atoms with van der Waals surface area (Å²) >= 11 is 0. The van der Waals surface area contributed by atoms with Crippen LogP contribution < -0.4 is 5.48 Å². The predicted molar refractivity (Wildman–Crippen MR) is 216 cm³/mol. The molecule has 3 heteroatoms. The van der Waals surface area contributed by atoms with Crippen LogP contribution in [0.1, 0.15) is 206 Å². The van der Waals surface area contributed by atoms with Crippen molar-refractivity contribution >= 4 is 0 Å². The van der Waals surface area contributed by atoms with Crippen molar-refractivity contribution in [2.75, 3.05) is 14.1 Å². The van der Waals surface area contributed by atoms with Crippen LogP contribution >= 0.6 is 0 Å². The van der Waals surface area contributed by atoms with Crippen molar-refractivity contribution in [2.24, 2.45) is 0 Å². The number of hydroxylamine groups is 1. The van der Waals surface area contributed by atoms with E-state index in [0.29, 0.717) is 12.1 Å². The lowest BCUT2D eigenvalue weighted by atomic mass is 9.91. The van der Waals surface area contributed by atoms with Crippen LogP contribution in [0.3, 0.4) is 0 Å². The predicted octanol–water partition coefficient (Wildman–Crippen LogP) is 14.2. The molecule has 48 heavy (non-hydrogen) atoms. The number of unbranched alkanes of at least 4 members (excludes halogenated alkanes) is 18. The summed E-state index contributed by atoms with van der Waals surface area (Å²) in [5.74, 6) is 0. The molecule has 0 atom stereocenters. The summed E-state index contributed by atoms with van der Waals surface area (Å²) in [7, 11) is 4.45. The first-order valence-electron chi connectivity index (χ1n) is 21.3. The van der Waals surface area contributed by atoms with E-state index in [-0.39, 0.29) is 0 Å². The maximum atomic E-state index is 6.44. The standard InChI is InChI=1S/C45H84N2O/c1-5-7-9-11-13-15-17-19-21-23-25-27-29-31-33-35-37-45(48-46-43-39-41-44(42-40-43)47(3)4)38-36-34-32-30-28-26-24-22-20-18-16-14-12-10-8-6-2/h13-16,19-22,43-46H,5-12,17-18,23-42H2,1-4H3/b15-13-,16-14-,21-19-,22-20-. The van der Waals surface area contributed by atoms with Crippen molar-refractivity contribution in [3.05, 3.63) is 48.6 Å². The van der Waals surface area contributed by atoms with Gasteiger partial charge in [-0.05, 0) is 117 Å². The van der Waals surface area contributed by atoms with Gasteiger partial charge >= 0.3 is 0 Å². The Kier molecular flexibility index (Phi) is 33.3. The Bertz CT molecular complexity index is 713. The minimum atomic E-state index is 0.383. The zero-order chi connectivity index (χ0) is 34.6. The lowest BCUT2D eigenvalue weighted by Gasteiger charge is -2.33. The van der Waals surface area contributed by atoms with Gasteiger partial charge in [-0.25, -0.2) is 0 Å². The molecule has 1 aliphatic rings. The molecule has 0 amide bonds. The molecule has 1 rings (SSSR count). The van der Waals surface area contributed by atoms with Gasteiger partial charge in [0.05, 0.1) is 6.10 Å². The molecular formula is C45H84N2O. The lowest BCUT2D eigenvalue weighted by molar-refractivity contribution is -0.0608. The average molecular weight is 669 g/mol. The quantitative estimate of drug-likeness (QED) is 0.0419. The molecule has 1 fully saturated rings. The monoisotopic (exact) mass is 669 g/mol. The zero-order valence-corrected chi connectivity index (χ0v) is 32.9. The molecule has 280 valence electrons. The molecule has 0 aromatic carbocycles. The first kappa shape index (κ1) is 44.9. The fourth-order valence-electron chi connectivity index (χ4n) is 6.89. The second-order valence-corrected chi connectivity index (χ2v) is 15.1. The fraction of sp³-hybridized carbons (Fsp3) is 0.822. The highest BCUT2D eigenvalue weighted by molar-refractivity contribution is 4.93. The topological polar surface area (TPSA) is 24.5 Å². The normalized spacial score (nSPS) is 17.5. The van der Waals surface area contributed by atoms with E-state index in [0.717, 1.165) is 18.9 Å². The summed E-state index contributed by atoms with van der Waals surface area (Å²) in [4.78, 5) is 8.84. The molecule has 0 aliphatic heterocycles. The summed E-state index contributed by atoms with van der Waals surface area (Å²) in [6.07, 6.45) is 58.3. The van der Waals surface area contributed by atoms with Gasteiger partial charge in [0.1, 0.15) is 0 Å². The number of nitrogens with one attached hydrogen (secondary N) is 1. The minimum absolute atomic E-state index is 0.383. The van der Waals surface area contributed by atoms with E-state index in [2.05, 4.69) is 86.9 Å². The van der Waals surface area contributed by atoms with Crippen LogP contribution in [0.25, 0.3) is 0 Å². The number of hydrogen-bond acceptors (Lipinski definition) is 3. The summed E-state index contributed by atoms with van der Waals surface area (Å²) in [6, 6.07) is 1.28. The Balaban J connectivity index is 2.16. The lowest BCUT2D eigenvalue weighted by Crippen LogP contribution is -2.40. The summed E-state index contributed by atoms with van der Waals surface area (Å²) in [6.45, 7) is 4.55. The van der Waals surface area contributed by atoms with Crippen LogP contribution in [0.5, 0.6) is 0 Å². The molecule has 1 N–H and O–H groups in total. The first-order valence-corrected chi connectivity index (χ1v) is 21.3. The number of hydrogen-bond donors (Lipinski definition) is 1. The van der Waals surface area contributed by atoms with Crippen LogP contribution in [-0.2, 0) is 4.84 Å². The molecule has 0 aromatic heterocycles. The molecule has 3 nitrogen and oxygen atoms in total. The van der Waals surface area contributed by atoms with Crippen molar-refractivity contribution in [3.8, 4) is 0 Å². The van der Waals surface area contributed by atoms with Gasteiger partial charge in [-0.3, -0.25) is 4.84 Å². The van der Waals surface area contributed by atoms with Crippen LogP contribution in [-0.4, -0.2) is 37.2 Å². The second-order valence-electron chi connectivity index (χ2n) is 15.1. The van der Waals surface area contributed by atoms with Gasteiger partial charge in [0.25, 0.3) is 0 Å². The Labute approximate surface area is 301 Å². The summed E-state index contributed by atoms with van der Waals surface area (Å²) < 4.78 is 0. The van der Waals surface area contributed by atoms with Gasteiger partial charge in [0.15, 0.2) is 0 Å². The van der Waals surface area contributed by atoms with Gasteiger partial charge in [-0.2, -0.15) is 5.48 Å². The number of allylic oxidation sites excluding steroid dienone is 8. The number of rotatable bonds is 34. The molecule has 0 radical (unpaired) electrons. The molecule has 0 unspecified atom stereocenters. The maximum Gasteiger partial charge on any atom is 0.0790 e. The molecular weight excluding hydrogens is 585 g/mol. The summed E-state index contributed by atoms with van der Waals surface area (Å²) in [5, 5.41) is 0. The molecule has 0 spiro atoms. The van der Waals surface area contributed by atoms with Crippen LogP contribution in [0, 0.1) is 0 Å². The van der Waals surface area contributed by atoms with E-state index in [9.17, 15) is 0 Å². The molecule has 0 saturated heterocycles.